The minimum Gasteiger partial charge on any atom is -0.480 e. The molecule has 3 atom stereocenters. The summed E-state index contributed by atoms with van der Waals surface area (Å²) < 4.78 is 29.8. The van der Waals surface area contributed by atoms with Crippen LogP contribution in [0.3, 0.4) is 0 Å². The van der Waals surface area contributed by atoms with E-state index >= 15 is 0 Å². The molecule has 3 saturated heterocycles. The van der Waals surface area contributed by atoms with Crippen molar-refractivity contribution in [3.8, 4) is 0 Å². The lowest BCUT2D eigenvalue weighted by Crippen LogP contribution is -2.64. The topological polar surface area (TPSA) is 156 Å². The van der Waals surface area contributed by atoms with Gasteiger partial charge in [0.1, 0.15) is 5.54 Å². The highest BCUT2D eigenvalue weighted by Gasteiger charge is 2.55. The first-order valence-corrected chi connectivity index (χ1v) is 12.2. The van der Waals surface area contributed by atoms with Crippen molar-refractivity contribution in [2.75, 3.05) is 37.7 Å². The summed E-state index contributed by atoms with van der Waals surface area (Å²) in [6.07, 6.45) is 1.56. The number of rotatable bonds is 9. The van der Waals surface area contributed by atoms with Crippen molar-refractivity contribution >= 4 is 35.1 Å². The van der Waals surface area contributed by atoms with E-state index in [1.165, 1.54) is 4.31 Å². The van der Waals surface area contributed by atoms with Gasteiger partial charge in [-0.15, -0.1) is 0 Å². The first-order valence-electron chi connectivity index (χ1n) is 9.61. The molecule has 3 aliphatic rings. The fourth-order valence-electron chi connectivity index (χ4n) is 4.19. The molecule has 10 nitrogen and oxygen atoms in total. The summed E-state index contributed by atoms with van der Waals surface area (Å²) in [5.74, 6) is -0.154. The maximum absolute atomic E-state index is 13.5. The molecule has 0 radical (unpaired) electrons. The second-order valence-electron chi connectivity index (χ2n) is 7.91. The summed E-state index contributed by atoms with van der Waals surface area (Å²) in [6, 6.07) is -0.197. The molecular weight excluding hydrogens is 407 g/mol. The number of hydrogen-bond acceptors (Lipinski definition) is 8. The lowest BCUT2D eigenvalue weighted by molar-refractivity contribution is -0.144. The van der Waals surface area contributed by atoms with Gasteiger partial charge in [0.25, 0.3) is 10.2 Å². The number of nitrogens with one attached hydrogen (secondary N) is 1. The Hall–Kier alpha value is -0.405. The van der Waals surface area contributed by atoms with E-state index in [9.17, 15) is 18.3 Å². The van der Waals surface area contributed by atoms with Crippen LogP contribution >= 0.6 is 11.8 Å². The quantitative estimate of drug-likeness (QED) is 0.257. The van der Waals surface area contributed by atoms with E-state index < -0.39 is 34.8 Å². The van der Waals surface area contributed by atoms with Crippen LogP contribution in [0.25, 0.3) is 0 Å². The Balaban J connectivity index is 1.79. The number of thioether (sulfide) groups is 1. The fraction of sp³-hybridized carbons (Fsp3) is 0.933. The second kappa shape index (κ2) is 8.76. The first-order chi connectivity index (χ1) is 13.2. The minimum absolute atomic E-state index is 0.0309. The lowest BCUT2D eigenvalue weighted by Gasteiger charge is -2.42. The fourth-order valence-corrected chi connectivity index (χ4v) is 7.59. The Morgan fingerprint density at radius 1 is 1.36 bits per heavy atom. The molecule has 160 valence electrons. The van der Waals surface area contributed by atoms with Gasteiger partial charge in [0.15, 0.2) is 0 Å². The van der Waals surface area contributed by atoms with Gasteiger partial charge in [0, 0.05) is 43.9 Å². The summed E-state index contributed by atoms with van der Waals surface area (Å²) in [7, 11) is -5.32. The summed E-state index contributed by atoms with van der Waals surface area (Å²) in [5, 5.41) is 30.8. The van der Waals surface area contributed by atoms with Gasteiger partial charge in [-0.2, -0.15) is 28.8 Å². The predicted molar refractivity (Wildman–Crippen MR) is 107 cm³/mol. The number of hydrogen-bond donors (Lipinski definition) is 5. The third-order valence-corrected chi connectivity index (χ3v) is 9.19. The number of nitrogens with zero attached hydrogens (tertiary/aromatic N) is 2. The van der Waals surface area contributed by atoms with Crippen LogP contribution in [0.15, 0.2) is 0 Å². The Morgan fingerprint density at radius 2 is 2.07 bits per heavy atom. The molecule has 6 N–H and O–H groups in total. The Labute approximate surface area is 170 Å². The highest BCUT2D eigenvalue weighted by atomic mass is 32.2. The Morgan fingerprint density at radius 3 is 2.57 bits per heavy atom. The zero-order valence-electron chi connectivity index (χ0n) is 15.7. The van der Waals surface area contributed by atoms with Gasteiger partial charge in [-0.05, 0) is 24.9 Å². The molecule has 0 amide bonds. The van der Waals surface area contributed by atoms with Gasteiger partial charge in [-0.25, -0.2) is 0 Å². The number of carboxylic acid groups (broad SMARTS) is 1. The van der Waals surface area contributed by atoms with Gasteiger partial charge < -0.3 is 26.2 Å². The SMILES string of the molecule is N[C@@]1(C(=O)O)CN(S(=O)(=O)N(C2CNC2)C2CCSC2)C[C@@H]1CCCB(O)O. The Kier molecular flexibility index (Phi) is 6.97. The molecule has 0 aromatic carbocycles. The van der Waals surface area contributed by atoms with Crippen LogP contribution in [0, 0.1) is 5.92 Å². The maximum Gasteiger partial charge on any atom is 0.451 e. The molecule has 0 aromatic rings. The van der Waals surface area contributed by atoms with Crippen molar-refractivity contribution in [2.24, 2.45) is 11.7 Å². The zero-order chi connectivity index (χ0) is 20.5. The normalized spacial score (nSPS) is 32.0. The molecule has 0 aliphatic carbocycles. The zero-order valence-corrected chi connectivity index (χ0v) is 17.4. The molecule has 1 unspecified atom stereocenters. The van der Waals surface area contributed by atoms with Gasteiger partial charge in [0.2, 0.25) is 0 Å². The van der Waals surface area contributed by atoms with Crippen LogP contribution in [0.5, 0.6) is 0 Å². The van der Waals surface area contributed by atoms with Crippen molar-refractivity contribution in [1.82, 2.24) is 13.9 Å². The standard InChI is InChI=1S/C15H29BN4O6S2/c17-15(14(21)22)10-19(8-11(15)2-1-4-16(23)24)28(25,26)20(13-6-18-7-13)12-3-5-27-9-12/h11-13,18,23-24H,1-10,17H2,(H,21,22)/t11-,12?,15-/m0/s1. The lowest BCUT2D eigenvalue weighted by atomic mass is 9.78. The van der Waals surface area contributed by atoms with Crippen LogP contribution in [0.2, 0.25) is 6.32 Å². The largest absolute Gasteiger partial charge is 0.480 e. The van der Waals surface area contributed by atoms with Gasteiger partial charge in [-0.1, -0.05) is 6.42 Å². The van der Waals surface area contributed by atoms with Crippen LogP contribution in [-0.2, 0) is 15.0 Å². The van der Waals surface area contributed by atoms with Crippen molar-refractivity contribution in [3.05, 3.63) is 0 Å². The molecule has 3 heterocycles. The second-order valence-corrected chi connectivity index (χ2v) is 10.9. The molecule has 0 spiro atoms. The van der Waals surface area contributed by atoms with E-state index in [0.717, 1.165) is 17.9 Å². The summed E-state index contributed by atoms with van der Waals surface area (Å²) in [4.78, 5) is 11.9. The molecular formula is C15H29BN4O6S2. The summed E-state index contributed by atoms with van der Waals surface area (Å²) in [6.45, 7) is 0.953. The average molecular weight is 436 g/mol. The van der Waals surface area contributed by atoms with E-state index in [-0.39, 0.29) is 31.5 Å². The maximum atomic E-state index is 13.5. The van der Waals surface area contributed by atoms with Gasteiger partial charge >= 0.3 is 13.1 Å². The molecule has 28 heavy (non-hydrogen) atoms. The van der Waals surface area contributed by atoms with E-state index in [2.05, 4.69) is 5.32 Å². The monoisotopic (exact) mass is 436 g/mol. The molecule has 3 rings (SSSR count). The van der Waals surface area contributed by atoms with Crippen molar-refractivity contribution in [2.45, 2.75) is 43.2 Å². The molecule has 0 saturated carbocycles. The smallest absolute Gasteiger partial charge is 0.451 e. The van der Waals surface area contributed by atoms with Crippen LogP contribution in [-0.4, -0.2) is 101 Å². The van der Waals surface area contributed by atoms with Crippen molar-refractivity contribution in [3.63, 3.8) is 0 Å². The summed E-state index contributed by atoms with van der Waals surface area (Å²) in [5.41, 5.74) is 4.48. The van der Waals surface area contributed by atoms with E-state index in [4.69, 9.17) is 15.8 Å². The molecule has 13 heteroatoms. The molecule has 3 aliphatic heterocycles. The van der Waals surface area contributed by atoms with Crippen molar-refractivity contribution < 1.29 is 28.4 Å². The highest BCUT2D eigenvalue weighted by Crippen LogP contribution is 2.36. The molecule has 0 bridgehead atoms. The van der Waals surface area contributed by atoms with E-state index in [1.54, 1.807) is 16.1 Å². The third kappa shape index (κ3) is 4.36. The molecule has 3 fully saturated rings. The van der Waals surface area contributed by atoms with E-state index in [0.29, 0.717) is 25.9 Å². The van der Waals surface area contributed by atoms with Crippen LogP contribution in [0.4, 0.5) is 0 Å². The van der Waals surface area contributed by atoms with Gasteiger partial charge in [0.05, 0.1) is 6.04 Å². The third-order valence-electron chi connectivity index (χ3n) is 5.98. The first kappa shape index (κ1) is 22.3. The van der Waals surface area contributed by atoms with E-state index in [1.807, 2.05) is 0 Å². The highest BCUT2D eigenvalue weighted by molar-refractivity contribution is 7.99. The van der Waals surface area contributed by atoms with Gasteiger partial charge in [-0.3, -0.25) is 4.79 Å². The average Bonchev–Trinajstić information content (AvgIpc) is 3.19. The van der Waals surface area contributed by atoms with Crippen LogP contribution < -0.4 is 11.1 Å². The number of nitrogens with two attached hydrogens (primary N) is 1. The minimum atomic E-state index is -3.85. The number of carbonyl (C=O) groups is 1. The summed E-state index contributed by atoms with van der Waals surface area (Å²) >= 11 is 1.73. The number of aliphatic carboxylic acids is 1. The van der Waals surface area contributed by atoms with Crippen molar-refractivity contribution in [1.29, 1.82) is 0 Å². The Bertz CT molecular complexity index is 673. The molecule has 0 aromatic heterocycles. The number of carboxylic acids is 1. The predicted octanol–water partition coefficient (Wildman–Crippen LogP) is -2.02. The van der Waals surface area contributed by atoms with Crippen LogP contribution in [0.1, 0.15) is 19.3 Å².